The maximum absolute atomic E-state index is 13.5. The van der Waals surface area contributed by atoms with E-state index in [-0.39, 0.29) is 6.42 Å². The molecule has 35 heavy (non-hydrogen) atoms. The number of anilines is 2. The van der Waals surface area contributed by atoms with Gasteiger partial charge in [0.15, 0.2) is 0 Å². The summed E-state index contributed by atoms with van der Waals surface area (Å²) in [6.07, 6.45) is 1.93. The second kappa shape index (κ2) is 12.0. The van der Waals surface area contributed by atoms with Gasteiger partial charge in [0.25, 0.3) is 10.0 Å². The molecule has 182 valence electrons. The van der Waals surface area contributed by atoms with Crippen LogP contribution in [-0.2, 0) is 26.0 Å². The molecule has 1 unspecified atom stereocenters. The van der Waals surface area contributed by atoms with Gasteiger partial charge in [-0.1, -0.05) is 60.7 Å². The molecular weight excluding hydrogens is 462 g/mol. The van der Waals surface area contributed by atoms with E-state index in [0.29, 0.717) is 29.9 Å². The number of nitrogens with zero attached hydrogens (tertiary/aromatic N) is 1. The SMILES string of the molecule is CCN(C(=O)C(CCc1ccc(N)cc1)C(=O)NS(=O)(=O)/C=C/c1ccccc1)c1ccccc1. The number of benzene rings is 3. The lowest BCUT2D eigenvalue weighted by molar-refractivity contribution is -0.132. The Hall–Kier alpha value is -3.91. The van der Waals surface area contributed by atoms with E-state index >= 15 is 0 Å². The third-order valence-corrected chi connectivity index (χ3v) is 6.43. The molecule has 0 aliphatic rings. The van der Waals surface area contributed by atoms with Crippen molar-refractivity contribution < 1.29 is 18.0 Å². The van der Waals surface area contributed by atoms with Gasteiger partial charge in [0.1, 0.15) is 5.92 Å². The van der Waals surface area contributed by atoms with Gasteiger partial charge in [-0.25, -0.2) is 13.1 Å². The van der Waals surface area contributed by atoms with Gasteiger partial charge >= 0.3 is 0 Å². The number of rotatable bonds is 10. The predicted molar refractivity (Wildman–Crippen MR) is 140 cm³/mol. The van der Waals surface area contributed by atoms with Gasteiger partial charge in [-0.3, -0.25) is 9.59 Å². The van der Waals surface area contributed by atoms with E-state index in [2.05, 4.69) is 4.72 Å². The molecule has 0 aliphatic heterocycles. The van der Waals surface area contributed by atoms with Gasteiger partial charge in [0.2, 0.25) is 11.8 Å². The average molecular weight is 492 g/mol. The molecule has 8 heteroatoms. The highest BCUT2D eigenvalue weighted by atomic mass is 32.2. The number of hydrogen-bond acceptors (Lipinski definition) is 5. The van der Waals surface area contributed by atoms with Crippen molar-refractivity contribution in [3.05, 3.63) is 101 Å². The minimum absolute atomic E-state index is 0.135. The average Bonchev–Trinajstić information content (AvgIpc) is 2.85. The molecule has 0 heterocycles. The van der Waals surface area contributed by atoms with Crippen molar-refractivity contribution in [2.45, 2.75) is 19.8 Å². The first-order chi connectivity index (χ1) is 16.8. The lowest BCUT2D eigenvalue weighted by Gasteiger charge is -2.26. The van der Waals surface area contributed by atoms with Crippen LogP contribution in [-0.4, -0.2) is 26.8 Å². The molecule has 0 bridgehead atoms. The summed E-state index contributed by atoms with van der Waals surface area (Å²) in [5.41, 5.74) is 8.54. The molecule has 0 aliphatic carbocycles. The minimum Gasteiger partial charge on any atom is -0.399 e. The molecule has 3 rings (SSSR count). The van der Waals surface area contributed by atoms with Crippen LogP contribution >= 0.6 is 0 Å². The Kier molecular flexibility index (Phi) is 8.80. The Morgan fingerprint density at radius 3 is 2.14 bits per heavy atom. The number of sulfonamides is 1. The lowest BCUT2D eigenvalue weighted by atomic mass is 9.97. The van der Waals surface area contributed by atoms with E-state index in [4.69, 9.17) is 5.73 Å². The Bertz CT molecular complexity index is 1260. The van der Waals surface area contributed by atoms with Gasteiger partial charge in [0.05, 0.1) is 5.41 Å². The van der Waals surface area contributed by atoms with Crippen LogP contribution in [0.2, 0.25) is 0 Å². The summed E-state index contributed by atoms with van der Waals surface area (Å²) in [5.74, 6) is -2.53. The van der Waals surface area contributed by atoms with E-state index in [1.807, 2.05) is 24.3 Å². The summed E-state index contributed by atoms with van der Waals surface area (Å²) >= 11 is 0. The maximum atomic E-state index is 13.5. The number of nitrogen functional groups attached to an aromatic ring is 1. The molecule has 1 atom stereocenters. The van der Waals surface area contributed by atoms with E-state index in [1.165, 1.54) is 11.0 Å². The summed E-state index contributed by atoms with van der Waals surface area (Å²) in [5, 5.41) is 0.927. The van der Waals surface area contributed by atoms with Crippen molar-refractivity contribution in [3.8, 4) is 0 Å². The van der Waals surface area contributed by atoms with Crippen molar-refractivity contribution in [3.63, 3.8) is 0 Å². The van der Waals surface area contributed by atoms with Crippen LogP contribution in [0.3, 0.4) is 0 Å². The third-order valence-electron chi connectivity index (χ3n) is 5.45. The Morgan fingerprint density at radius 1 is 0.943 bits per heavy atom. The zero-order chi connectivity index (χ0) is 25.3. The molecule has 0 spiro atoms. The van der Waals surface area contributed by atoms with Crippen molar-refractivity contribution in [2.75, 3.05) is 17.2 Å². The van der Waals surface area contributed by atoms with E-state index < -0.39 is 27.8 Å². The number of carbonyl (C=O) groups excluding carboxylic acids is 2. The number of hydrogen-bond donors (Lipinski definition) is 2. The molecule has 7 nitrogen and oxygen atoms in total. The van der Waals surface area contributed by atoms with Gasteiger partial charge in [0, 0.05) is 17.9 Å². The smallest absolute Gasteiger partial charge is 0.257 e. The monoisotopic (exact) mass is 491 g/mol. The Balaban J connectivity index is 1.82. The number of para-hydroxylation sites is 1. The molecule has 0 aromatic heterocycles. The van der Waals surface area contributed by atoms with Crippen molar-refractivity contribution in [2.24, 2.45) is 5.92 Å². The third kappa shape index (κ3) is 7.55. The standard InChI is InChI=1S/C27H29N3O4S/c1-2-30(24-11-7-4-8-12-24)27(32)25(18-15-22-13-16-23(28)17-14-22)26(31)29-35(33,34)20-19-21-9-5-3-6-10-21/h3-14,16-17,19-20,25H,2,15,18,28H2,1H3,(H,29,31)/b20-19+. The summed E-state index contributed by atoms with van der Waals surface area (Å²) < 4.78 is 27.3. The molecule has 3 N–H and O–H groups in total. The van der Waals surface area contributed by atoms with Crippen LogP contribution in [0.4, 0.5) is 11.4 Å². The first-order valence-corrected chi connectivity index (χ1v) is 12.8. The number of amides is 2. The molecule has 0 radical (unpaired) electrons. The molecule has 0 saturated heterocycles. The van der Waals surface area contributed by atoms with Gasteiger partial charge < -0.3 is 10.6 Å². The first-order valence-electron chi connectivity index (χ1n) is 11.3. The maximum Gasteiger partial charge on any atom is 0.257 e. The highest BCUT2D eigenvalue weighted by Crippen LogP contribution is 2.20. The van der Waals surface area contributed by atoms with Crippen molar-refractivity contribution >= 4 is 39.3 Å². The fourth-order valence-electron chi connectivity index (χ4n) is 3.60. The topological polar surface area (TPSA) is 110 Å². The lowest BCUT2D eigenvalue weighted by Crippen LogP contribution is -2.45. The highest BCUT2D eigenvalue weighted by molar-refractivity contribution is 7.93. The van der Waals surface area contributed by atoms with Crippen LogP contribution in [0, 0.1) is 5.92 Å². The summed E-state index contributed by atoms with van der Waals surface area (Å²) in [6, 6.07) is 25.0. The van der Waals surface area contributed by atoms with Gasteiger partial charge in [-0.05, 0) is 61.2 Å². The van der Waals surface area contributed by atoms with Gasteiger partial charge in [-0.2, -0.15) is 0 Å². The van der Waals surface area contributed by atoms with E-state index in [9.17, 15) is 18.0 Å². The van der Waals surface area contributed by atoms with Crippen LogP contribution in [0.25, 0.3) is 6.08 Å². The molecule has 0 fully saturated rings. The van der Waals surface area contributed by atoms with Crippen LogP contribution in [0.15, 0.2) is 90.3 Å². The highest BCUT2D eigenvalue weighted by Gasteiger charge is 2.32. The summed E-state index contributed by atoms with van der Waals surface area (Å²) in [6.45, 7) is 2.13. The zero-order valence-electron chi connectivity index (χ0n) is 19.5. The number of carbonyl (C=O) groups is 2. The molecular formula is C27H29N3O4S. The molecule has 3 aromatic carbocycles. The second-order valence-electron chi connectivity index (χ2n) is 7.98. The van der Waals surface area contributed by atoms with Crippen LogP contribution in [0.1, 0.15) is 24.5 Å². The summed E-state index contributed by atoms with van der Waals surface area (Å²) in [7, 11) is -4.11. The van der Waals surface area contributed by atoms with Crippen LogP contribution in [0.5, 0.6) is 0 Å². The normalized spacial score (nSPS) is 12.3. The van der Waals surface area contributed by atoms with Crippen molar-refractivity contribution in [1.82, 2.24) is 4.72 Å². The van der Waals surface area contributed by atoms with Gasteiger partial charge in [-0.15, -0.1) is 0 Å². The number of nitrogens with two attached hydrogens (primary N) is 1. The first kappa shape index (κ1) is 25.7. The van der Waals surface area contributed by atoms with Crippen LogP contribution < -0.4 is 15.4 Å². The second-order valence-corrected chi connectivity index (χ2v) is 9.54. The fraction of sp³-hybridized carbons (Fsp3) is 0.185. The summed E-state index contributed by atoms with van der Waals surface area (Å²) in [4.78, 5) is 28.1. The molecule has 3 aromatic rings. The van der Waals surface area contributed by atoms with E-state index in [0.717, 1.165) is 11.0 Å². The molecule has 2 amide bonds. The Labute approximate surface area is 206 Å². The number of aryl methyl sites for hydroxylation is 1. The van der Waals surface area contributed by atoms with E-state index in [1.54, 1.807) is 67.6 Å². The molecule has 0 saturated carbocycles. The fourth-order valence-corrected chi connectivity index (χ4v) is 4.43. The van der Waals surface area contributed by atoms with Crippen molar-refractivity contribution in [1.29, 1.82) is 0 Å². The zero-order valence-corrected chi connectivity index (χ0v) is 20.3. The Morgan fingerprint density at radius 2 is 1.54 bits per heavy atom. The quantitative estimate of drug-likeness (QED) is 0.329. The largest absolute Gasteiger partial charge is 0.399 e. The number of nitrogens with one attached hydrogen (secondary N) is 1. The predicted octanol–water partition coefficient (Wildman–Crippen LogP) is 3.99. The minimum atomic E-state index is -4.11.